The minimum atomic E-state index is -0.224. The molecule has 1 saturated heterocycles. The zero-order chi connectivity index (χ0) is 21.5. The van der Waals surface area contributed by atoms with E-state index in [1.165, 1.54) is 11.1 Å². The van der Waals surface area contributed by atoms with Gasteiger partial charge in [0.05, 0.1) is 30.2 Å². The number of hydrogen-bond donors (Lipinski definition) is 2. The van der Waals surface area contributed by atoms with Crippen molar-refractivity contribution in [1.29, 1.82) is 5.26 Å². The average molecular weight is 419 g/mol. The van der Waals surface area contributed by atoms with Gasteiger partial charge in [-0.25, -0.2) is 0 Å². The number of pyridine rings is 1. The third kappa shape index (κ3) is 3.50. The average Bonchev–Trinajstić information content (AvgIpc) is 3.36. The topological polar surface area (TPSA) is 99.0 Å². The van der Waals surface area contributed by atoms with Crippen LogP contribution in [0, 0.1) is 17.2 Å². The first-order valence-corrected chi connectivity index (χ1v) is 10.8. The minimum Gasteiger partial charge on any atom is -0.379 e. The van der Waals surface area contributed by atoms with Crippen LogP contribution in [0.25, 0.3) is 10.9 Å². The Balaban J connectivity index is 1.52. The highest BCUT2D eigenvalue weighted by Crippen LogP contribution is 2.33. The van der Waals surface area contributed by atoms with E-state index in [0.717, 1.165) is 18.8 Å². The molecule has 0 amide bonds. The molecule has 2 aliphatic heterocycles. The molecule has 31 heavy (non-hydrogen) atoms. The van der Waals surface area contributed by atoms with Crippen molar-refractivity contribution < 1.29 is 4.74 Å². The molecule has 8 heteroatoms. The fourth-order valence-corrected chi connectivity index (χ4v) is 4.55. The molecule has 160 valence electrons. The predicted octanol–water partition coefficient (Wildman–Crippen LogP) is 3.29. The van der Waals surface area contributed by atoms with Crippen molar-refractivity contribution in [2.24, 2.45) is 5.92 Å². The maximum Gasteiger partial charge on any atom is 0.261 e. The summed E-state index contributed by atoms with van der Waals surface area (Å²) in [6.45, 7) is 7.27. The van der Waals surface area contributed by atoms with Gasteiger partial charge in [0.2, 0.25) is 0 Å². The summed E-state index contributed by atoms with van der Waals surface area (Å²) in [5, 5.41) is 18.2. The van der Waals surface area contributed by atoms with Crippen LogP contribution in [-0.4, -0.2) is 38.9 Å². The highest BCUT2D eigenvalue weighted by molar-refractivity contribution is 5.91. The standard InChI is InChI=1S/C23H26N6O2/c1-14(2)28-11-16-3-4-18(9-17(16)12-28)26-22-21-19(5-7-25-23(21)30)29(27-22)20-13-31-8-6-15(20)10-24/h3-5,7,9,14-15,20H,6,8,11-13H2,1-2H3,(H,25,30)(H,26,27)/t15?,20-/m0/s1. The lowest BCUT2D eigenvalue weighted by atomic mass is 9.96. The van der Waals surface area contributed by atoms with Gasteiger partial charge in [-0.2, -0.15) is 10.4 Å². The molecular weight excluding hydrogens is 392 g/mol. The fraction of sp³-hybridized carbons (Fsp3) is 0.435. The molecular formula is C23H26N6O2. The molecule has 8 nitrogen and oxygen atoms in total. The second-order valence-corrected chi connectivity index (χ2v) is 8.63. The fourth-order valence-electron chi connectivity index (χ4n) is 4.55. The lowest BCUT2D eigenvalue weighted by Crippen LogP contribution is -2.30. The van der Waals surface area contributed by atoms with Crippen LogP contribution in [-0.2, 0) is 17.8 Å². The summed E-state index contributed by atoms with van der Waals surface area (Å²) in [7, 11) is 0. The Bertz CT molecular complexity index is 1220. The number of hydrogen-bond acceptors (Lipinski definition) is 6. The molecule has 1 unspecified atom stereocenters. The third-order valence-electron chi connectivity index (χ3n) is 6.38. The van der Waals surface area contributed by atoms with Gasteiger partial charge < -0.3 is 15.0 Å². The maximum atomic E-state index is 12.7. The SMILES string of the molecule is CC(C)N1Cc2ccc(Nc3nn([C@H]4COCCC4C#N)c4cc[nH]c(=O)c34)cc2C1. The molecule has 5 rings (SSSR count). The van der Waals surface area contributed by atoms with Crippen molar-refractivity contribution in [3.63, 3.8) is 0 Å². The predicted molar refractivity (Wildman–Crippen MR) is 118 cm³/mol. The molecule has 0 radical (unpaired) electrons. The summed E-state index contributed by atoms with van der Waals surface area (Å²) in [6, 6.07) is 10.8. The number of rotatable bonds is 4. The lowest BCUT2D eigenvalue weighted by molar-refractivity contribution is 0.0359. The van der Waals surface area contributed by atoms with Crippen molar-refractivity contribution in [2.45, 2.75) is 45.4 Å². The summed E-state index contributed by atoms with van der Waals surface area (Å²) in [5.41, 5.74) is 4.03. The normalized spacial score (nSPS) is 21.4. The van der Waals surface area contributed by atoms with Crippen molar-refractivity contribution >= 4 is 22.4 Å². The van der Waals surface area contributed by atoms with Crippen LogP contribution in [0.5, 0.6) is 0 Å². The van der Waals surface area contributed by atoms with E-state index in [1.54, 1.807) is 10.9 Å². The Morgan fingerprint density at radius 1 is 1.29 bits per heavy atom. The van der Waals surface area contributed by atoms with E-state index in [1.807, 2.05) is 12.1 Å². The van der Waals surface area contributed by atoms with Crippen LogP contribution in [0.3, 0.4) is 0 Å². The summed E-state index contributed by atoms with van der Waals surface area (Å²) in [6.07, 6.45) is 2.28. The Morgan fingerprint density at radius 3 is 2.94 bits per heavy atom. The van der Waals surface area contributed by atoms with E-state index in [0.29, 0.717) is 42.4 Å². The number of fused-ring (bicyclic) bond motifs is 2. The van der Waals surface area contributed by atoms with Crippen molar-refractivity contribution in [3.8, 4) is 6.07 Å². The van der Waals surface area contributed by atoms with E-state index >= 15 is 0 Å². The third-order valence-corrected chi connectivity index (χ3v) is 6.38. The number of anilines is 2. The van der Waals surface area contributed by atoms with Crippen LogP contribution < -0.4 is 10.9 Å². The summed E-state index contributed by atoms with van der Waals surface area (Å²) < 4.78 is 7.42. The second kappa shape index (κ2) is 7.84. The first-order chi connectivity index (χ1) is 15.0. The monoisotopic (exact) mass is 418 g/mol. The zero-order valence-corrected chi connectivity index (χ0v) is 17.8. The number of aromatic nitrogens is 3. The Labute approximate surface area is 180 Å². The number of nitriles is 1. The molecule has 0 saturated carbocycles. The molecule has 0 bridgehead atoms. The number of nitrogens with one attached hydrogen (secondary N) is 2. The Morgan fingerprint density at radius 2 is 2.13 bits per heavy atom. The van der Waals surface area contributed by atoms with Gasteiger partial charge in [-0.3, -0.25) is 14.4 Å². The van der Waals surface area contributed by atoms with E-state index in [2.05, 4.69) is 47.3 Å². The molecule has 4 heterocycles. The quantitative estimate of drug-likeness (QED) is 0.675. The molecule has 3 aromatic rings. The van der Waals surface area contributed by atoms with Crippen molar-refractivity contribution in [2.75, 3.05) is 18.5 Å². The molecule has 1 aromatic carbocycles. The number of H-pyrrole nitrogens is 1. The summed E-state index contributed by atoms with van der Waals surface area (Å²) in [4.78, 5) is 17.9. The van der Waals surface area contributed by atoms with Crippen LogP contribution in [0.4, 0.5) is 11.5 Å². The number of aromatic amines is 1. The number of ether oxygens (including phenoxy) is 1. The minimum absolute atomic E-state index is 0.203. The summed E-state index contributed by atoms with van der Waals surface area (Å²) >= 11 is 0. The van der Waals surface area contributed by atoms with E-state index in [9.17, 15) is 10.1 Å². The van der Waals surface area contributed by atoms with Gasteiger partial charge in [0, 0.05) is 37.6 Å². The molecule has 2 aliphatic rings. The first-order valence-electron chi connectivity index (χ1n) is 10.8. The van der Waals surface area contributed by atoms with Gasteiger partial charge >= 0.3 is 0 Å². The molecule has 0 aliphatic carbocycles. The van der Waals surface area contributed by atoms with Gasteiger partial charge in [0.25, 0.3) is 5.56 Å². The van der Waals surface area contributed by atoms with E-state index in [-0.39, 0.29) is 17.5 Å². The molecule has 1 fully saturated rings. The van der Waals surface area contributed by atoms with Gasteiger partial charge in [-0.05, 0) is 49.6 Å². The highest BCUT2D eigenvalue weighted by Gasteiger charge is 2.30. The molecule has 2 atom stereocenters. The van der Waals surface area contributed by atoms with Crippen molar-refractivity contribution in [3.05, 3.63) is 51.9 Å². The molecule has 2 aromatic heterocycles. The van der Waals surface area contributed by atoms with Crippen LogP contribution in [0.1, 0.15) is 37.4 Å². The van der Waals surface area contributed by atoms with Crippen LogP contribution in [0.15, 0.2) is 35.3 Å². The first kappa shape index (κ1) is 19.8. The van der Waals surface area contributed by atoms with Gasteiger partial charge in [0.1, 0.15) is 5.39 Å². The second-order valence-electron chi connectivity index (χ2n) is 8.63. The number of nitrogens with zero attached hydrogens (tertiary/aromatic N) is 4. The lowest BCUT2D eigenvalue weighted by Gasteiger charge is -2.27. The smallest absolute Gasteiger partial charge is 0.261 e. The van der Waals surface area contributed by atoms with Crippen molar-refractivity contribution in [1.82, 2.24) is 19.7 Å². The van der Waals surface area contributed by atoms with Crippen LogP contribution >= 0.6 is 0 Å². The largest absolute Gasteiger partial charge is 0.379 e. The maximum absolute atomic E-state index is 12.7. The number of benzene rings is 1. The van der Waals surface area contributed by atoms with Gasteiger partial charge in [-0.15, -0.1) is 0 Å². The van der Waals surface area contributed by atoms with Gasteiger partial charge in [-0.1, -0.05) is 6.07 Å². The Hall–Kier alpha value is -3.15. The zero-order valence-electron chi connectivity index (χ0n) is 17.8. The Kier molecular flexibility index (Phi) is 5.00. The highest BCUT2D eigenvalue weighted by atomic mass is 16.5. The van der Waals surface area contributed by atoms with E-state index < -0.39 is 0 Å². The molecule has 0 spiro atoms. The van der Waals surface area contributed by atoms with Crippen LogP contribution in [0.2, 0.25) is 0 Å². The van der Waals surface area contributed by atoms with Gasteiger partial charge in [0.15, 0.2) is 5.82 Å². The summed E-state index contributed by atoms with van der Waals surface area (Å²) in [5.74, 6) is 0.295. The van der Waals surface area contributed by atoms with E-state index in [4.69, 9.17) is 9.84 Å². The molecule has 2 N–H and O–H groups in total.